The second kappa shape index (κ2) is 9.44. The van der Waals surface area contributed by atoms with Gasteiger partial charge in [-0.1, -0.05) is 11.6 Å². The Hall–Kier alpha value is -3.62. The van der Waals surface area contributed by atoms with Gasteiger partial charge in [-0.3, -0.25) is 14.5 Å². The monoisotopic (exact) mass is 526 g/mol. The Morgan fingerprint density at radius 2 is 2.11 bits per heavy atom. The van der Waals surface area contributed by atoms with Crippen LogP contribution in [0.15, 0.2) is 36.8 Å². The van der Waals surface area contributed by atoms with Gasteiger partial charge in [0, 0.05) is 41.3 Å². The van der Waals surface area contributed by atoms with Crippen molar-refractivity contribution < 1.29 is 18.7 Å². The van der Waals surface area contributed by atoms with E-state index in [0.29, 0.717) is 27.9 Å². The molecule has 0 radical (unpaired) electrons. The summed E-state index contributed by atoms with van der Waals surface area (Å²) in [6.45, 7) is 2.67. The summed E-state index contributed by atoms with van der Waals surface area (Å²) in [4.78, 5) is 34.9. The molecule has 0 bridgehead atoms. The number of ether oxygens (including phenoxy) is 1. The normalized spacial score (nSPS) is 19.5. The molecule has 3 amide bonds. The fourth-order valence-corrected chi connectivity index (χ4v) is 6.05. The molecule has 0 spiro atoms. The zero-order valence-corrected chi connectivity index (χ0v) is 20.9. The Kier molecular flexibility index (Phi) is 6.32. The molecule has 0 aliphatic carbocycles. The zero-order valence-electron chi connectivity index (χ0n) is 19.3. The van der Waals surface area contributed by atoms with Gasteiger partial charge in [0.15, 0.2) is 11.6 Å². The number of anilines is 1. The van der Waals surface area contributed by atoms with Crippen LogP contribution in [-0.4, -0.2) is 56.5 Å². The van der Waals surface area contributed by atoms with E-state index in [1.54, 1.807) is 23.2 Å². The van der Waals surface area contributed by atoms with Crippen molar-refractivity contribution in [3.63, 3.8) is 0 Å². The number of nitriles is 1. The van der Waals surface area contributed by atoms with E-state index in [1.165, 1.54) is 36.0 Å². The van der Waals surface area contributed by atoms with Gasteiger partial charge in [0.2, 0.25) is 0 Å². The van der Waals surface area contributed by atoms with Gasteiger partial charge in [-0.2, -0.15) is 10.4 Å². The molecule has 9 nitrogen and oxygen atoms in total. The van der Waals surface area contributed by atoms with E-state index in [4.69, 9.17) is 16.3 Å². The fourth-order valence-electron chi connectivity index (χ4n) is 4.39. The number of thioether (sulfide) groups is 1. The number of amides is 3. The number of carbonyl (C=O) groups is 2. The quantitative estimate of drug-likeness (QED) is 0.467. The molecule has 2 aliphatic rings. The predicted octanol–water partition coefficient (Wildman–Crippen LogP) is 4.46. The number of halogens is 2. The van der Waals surface area contributed by atoms with Crippen LogP contribution in [0.3, 0.4) is 0 Å². The van der Waals surface area contributed by atoms with Crippen LogP contribution >= 0.6 is 23.4 Å². The molecular weight excluding hydrogens is 507 g/mol. The minimum absolute atomic E-state index is 0.0143. The lowest BCUT2D eigenvalue weighted by atomic mass is 10.0. The highest BCUT2D eigenvalue weighted by Crippen LogP contribution is 2.48. The number of imide groups is 1. The maximum absolute atomic E-state index is 14.1. The van der Waals surface area contributed by atoms with Crippen LogP contribution < -0.4 is 9.64 Å². The minimum Gasteiger partial charge on any atom is -0.494 e. The van der Waals surface area contributed by atoms with E-state index in [-0.39, 0.29) is 29.4 Å². The highest BCUT2D eigenvalue weighted by atomic mass is 35.5. The van der Waals surface area contributed by atoms with Crippen LogP contribution in [0, 0.1) is 17.1 Å². The summed E-state index contributed by atoms with van der Waals surface area (Å²) in [5, 5.41) is 13.9. The average molecular weight is 527 g/mol. The first-order chi connectivity index (χ1) is 17.4. The molecule has 1 saturated heterocycles. The largest absolute Gasteiger partial charge is 0.494 e. The van der Waals surface area contributed by atoms with Gasteiger partial charge >= 0.3 is 6.03 Å². The SMILES string of the molecule is CCn1cc2cncc(N3C(=O)C4SC(c5cc(OC)c(F)cc5Cl)=CC4N(CCC#N)C3=O)c2n1. The number of hydrogen-bond acceptors (Lipinski definition) is 7. The summed E-state index contributed by atoms with van der Waals surface area (Å²) in [7, 11) is 1.35. The molecule has 12 heteroatoms. The van der Waals surface area contributed by atoms with Crippen LogP contribution in [0.2, 0.25) is 5.02 Å². The Bertz CT molecular complexity index is 1470. The third-order valence-corrected chi connectivity index (χ3v) is 7.78. The number of rotatable bonds is 6. The molecule has 5 rings (SSSR count). The number of fused-ring (bicyclic) bond motifs is 2. The van der Waals surface area contributed by atoms with Gasteiger partial charge in [0.1, 0.15) is 16.5 Å². The molecule has 1 aromatic carbocycles. The predicted molar refractivity (Wildman–Crippen MR) is 134 cm³/mol. The van der Waals surface area contributed by atoms with E-state index in [9.17, 15) is 19.2 Å². The van der Waals surface area contributed by atoms with Crippen molar-refractivity contribution in [2.24, 2.45) is 0 Å². The van der Waals surface area contributed by atoms with E-state index in [0.717, 1.165) is 11.0 Å². The van der Waals surface area contributed by atoms with Gasteiger partial charge < -0.3 is 9.64 Å². The molecular formula is C24H20ClFN6O3S. The van der Waals surface area contributed by atoms with Gasteiger partial charge in [0.25, 0.3) is 5.91 Å². The van der Waals surface area contributed by atoms with Crippen molar-refractivity contribution in [3.05, 3.63) is 53.2 Å². The third kappa shape index (κ3) is 3.86. The Morgan fingerprint density at radius 3 is 2.83 bits per heavy atom. The molecule has 184 valence electrons. The maximum Gasteiger partial charge on any atom is 0.332 e. The molecule has 4 heterocycles. The first-order valence-corrected chi connectivity index (χ1v) is 12.4. The van der Waals surface area contributed by atoms with Crippen LogP contribution in [0.4, 0.5) is 14.9 Å². The third-order valence-electron chi connectivity index (χ3n) is 6.13. The first kappa shape index (κ1) is 24.1. The van der Waals surface area contributed by atoms with Crippen molar-refractivity contribution >= 4 is 56.8 Å². The second-order valence-electron chi connectivity index (χ2n) is 8.17. The molecule has 1 fully saturated rings. The zero-order chi connectivity index (χ0) is 25.6. The van der Waals surface area contributed by atoms with Gasteiger partial charge in [-0.05, 0) is 25.1 Å². The van der Waals surface area contributed by atoms with Gasteiger partial charge in [-0.25, -0.2) is 14.1 Å². The number of nitrogens with zero attached hydrogens (tertiary/aromatic N) is 6. The van der Waals surface area contributed by atoms with Crippen LogP contribution in [-0.2, 0) is 11.3 Å². The van der Waals surface area contributed by atoms with E-state index >= 15 is 0 Å². The van der Waals surface area contributed by atoms with Crippen LogP contribution in [0.5, 0.6) is 5.75 Å². The molecule has 0 N–H and O–H groups in total. The molecule has 2 atom stereocenters. The number of aromatic nitrogens is 3. The number of pyridine rings is 1. The van der Waals surface area contributed by atoms with Crippen molar-refractivity contribution in [2.45, 2.75) is 31.2 Å². The summed E-state index contributed by atoms with van der Waals surface area (Å²) in [6, 6.07) is 3.52. The summed E-state index contributed by atoms with van der Waals surface area (Å²) in [6.07, 6.45) is 6.73. The number of urea groups is 1. The first-order valence-electron chi connectivity index (χ1n) is 11.1. The molecule has 2 aromatic heterocycles. The van der Waals surface area contributed by atoms with Crippen LogP contribution in [0.25, 0.3) is 15.8 Å². The molecule has 36 heavy (non-hydrogen) atoms. The summed E-state index contributed by atoms with van der Waals surface area (Å²) in [5.74, 6) is -1.02. The topological polar surface area (TPSA) is 104 Å². The Morgan fingerprint density at radius 1 is 1.31 bits per heavy atom. The number of hydrogen-bond donors (Lipinski definition) is 0. The minimum atomic E-state index is -0.702. The lowest BCUT2D eigenvalue weighted by Crippen LogP contribution is -2.62. The molecule has 2 aliphatic heterocycles. The summed E-state index contributed by atoms with van der Waals surface area (Å²) < 4.78 is 20.9. The molecule has 2 unspecified atom stereocenters. The Labute approximate surface area is 215 Å². The number of aryl methyl sites for hydroxylation is 1. The number of methoxy groups -OCH3 is 1. The van der Waals surface area contributed by atoms with Crippen molar-refractivity contribution in [1.82, 2.24) is 19.7 Å². The maximum atomic E-state index is 14.1. The fraction of sp³-hybridized carbons (Fsp3) is 0.292. The van der Waals surface area contributed by atoms with E-state index in [2.05, 4.69) is 16.2 Å². The standard InChI is InChI=1S/C24H20ClFN6O3S/c1-3-30-12-13-10-28-11-18(21(13)29-30)32-23(33)22-17(31(24(32)34)6-4-5-27)9-20(36-22)14-7-19(35-2)16(26)8-15(14)25/h7-12,17,22H,3-4,6H2,1-2H3. The lowest BCUT2D eigenvalue weighted by molar-refractivity contribution is -0.119. The number of benzene rings is 1. The number of carbonyl (C=O) groups excluding carboxylic acids is 2. The van der Waals surface area contributed by atoms with Crippen molar-refractivity contribution in [1.29, 1.82) is 5.26 Å². The molecule has 3 aromatic rings. The summed E-state index contributed by atoms with van der Waals surface area (Å²) >= 11 is 7.57. The van der Waals surface area contributed by atoms with Crippen molar-refractivity contribution in [2.75, 3.05) is 18.6 Å². The van der Waals surface area contributed by atoms with Gasteiger partial charge in [-0.15, -0.1) is 11.8 Å². The lowest BCUT2D eigenvalue weighted by Gasteiger charge is -2.40. The second-order valence-corrected chi connectivity index (χ2v) is 9.76. The van der Waals surface area contributed by atoms with E-state index in [1.807, 2.05) is 6.92 Å². The van der Waals surface area contributed by atoms with E-state index < -0.39 is 29.0 Å². The highest BCUT2D eigenvalue weighted by molar-refractivity contribution is 8.09. The summed E-state index contributed by atoms with van der Waals surface area (Å²) in [5.41, 5.74) is 1.26. The van der Waals surface area contributed by atoms with Gasteiger partial charge in [0.05, 0.1) is 36.9 Å². The Balaban J connectivity index is 1.58. The average Bonchev–Trinajstić information content (AvgIpc) is 3.49. The van der Waals surface area contributed by atoms with Crippen molar-refractivity contribution in [3.8, 4) is 11.8 Å². The van der Waals surface area contributed by atoms with Crippen LogP contribution in [0.1, 0.15) is 18.9 Å². The smallest absolute Gasteiger partial charge is 0.332 e. The molecule has 0 saturated carbocycles. The highest BCUT2D eigenvalue weighted by Gasteiger charge is 2.50.